The third-order valence-electron chi connectivity index (χ3n) is 6.77. The number of methoxy groups -OCH3 is 1. The lowest BCUT2D eigenvalue weighted by atomic mass is 10.1. The van der Waals surface area contributed by atoms with Crippen molar-refractivity contribution in [2.45, 2.75) is 57.6 Å². The highest BCUT2D eigenvalue weighted by molar-refractivity contribution is 7.92. The van der Waals surface area contributed by atoms with Crippen LogP contribution in [0.1, 0.15) is 38.3 Å². The highest BCUT2D eigenvalue weighted by atomic mass is 35.5. The van der Waals surface area contributed by atoms with Crippen molar-refractivity contribution in [1.29, 1.82) is 0 Å². The van der Waals surface area contributed by atoms with Gasteiger partial charge in [0.05, 0.1) is 27.7 Å². The smallest absolute Gasteiger partial charge is 0.264 e. The highest BCUT2D eigenvalue weighted by Gasteiger charge is 2.34. The van der Waals surface area contributed by atoms with E-state index in [2.05, 4.69) is 5.32 Å². The summed E-state index contributed by atoms with van der Waals surface area (Å²) >= 11 is 12.7. The van der Waals surface area contributed by atoms with Gasteiger partial charge in [-0.3, -0.25) is 13.9 Å². The minimum atomic E-state index is -4.26. The molecule has 3 aromatic rings. The fourth-order valence-electron chi connectivity index (χ4n) is 4.01. The van der Waals surface area contributed by atoms with Gasteiger partial charge in [-0.1, -0.05) is 66.0 Å². The molecule has 3 aromatic carbocycles. The Morgan fingerprint density at radius 3 is 2.20 bits per heavy atom. The van der Waals surface area contributed by atoms with E-state index in [0.717, 1.165) is 15.4 Å². The number of hydrogen-bond donors (Lipinski definition) is 1. The van der Waals surface area contributed by atoms with Crippen LogP contribution in [0.2, 0.25) is 10.0 Å². The molecule has 2 amide bonds. The maximum absolute atomic E-state index is 14.0. The lowest BCUT2D eigenvalue weighted by Gasteiger charge is -2.32. The van der Waals surface area contributed by atoms with E-state index in [9.17, 15) is 18.0 Å². The number of rotatable bonds is 12. The lowest BCUT2D eigenvalue weighted by Crippen LogP contribution is -2.52. The Kier molecular flexibility index (Phi) is 11.1. The number of carbonyl (C=O) groups is 2. The molecule has 2 atom stereocenters. The number of sulfonamides is 1. The summed E-state index contributed by atoms with van der Waals surface area (Å²) in [5.74, 6) is -0.311. The van der Waals surface area contributed by atoms with E-state index in [4.69, 9.17) is 27.9 Å². The van der Waals surface area contributed by atoms with E-state index in [-0.39, 0.29) is 39.1 Å². The zero-order valence-corrected chi connectivity index (χ0v) is 26.1. The van der Waals surface area contributed by atoms with Crippen molar-refractivity contribution >= 4 is 50.7 Å². The third kappa shape index (κ3) is 7.93. The van der Waals surface area contributed by atoms with Crippen LogP contribution >= 0.6 is 23.2 Å². The maximum Gasteiger partial charge on any atom is 0.264 e. The van der Waals surface area contributed by atoms with Crippen molar-refractivity contribution in [3.63, 3.8) is 0 Å². The van der Waals surface area contributed by atoms with Crippen LogP contribution < -0.4 is 14.4 Å². The van der Waals surface area contributed by atoms with Crippen LogP contribution in [-0.2, 0) is 26.2 Å². The first-order valence-corrected chi connectivity index (χ1v) is 15.3. The number of amides is 2. The van der Waals surface area contributed by atoms with Crippen LogP contribution in [0.5, 0.6) is 5.75 Å². The van der Waals surface area contributed by atoms with Gasteiger partial charge < -0.3 is 15.0 Å². The first-order chi connectivity index (χ1) is 19.4. The molecule has 0 fully saturated rings. The van der Waals surface area contributed by atoms with E-state index < -0.39 is 28.5 Å². The van der Waals surface area contributed by atoms with Crippen LogP contribution in [0.25, 0.3) is 0 Å². The number of hydrogen-bond acceptors (Lipinski definition) is 5. The Balaban J connectivity index is 2.06. The van der Waals surface area contributed by atoms with Crippen LogP contribution in [0.15, 0.2) is 71.6 Å². The Labute approximate surface area is 252 Å². The molecule has 220 valence electrons. The molecule has 0 aliphatic rings. The molecule has 0 aromatic heterocycles. The fourth-order valence-corrected chi connectivity index (χ4v) is 5.89. The molecular formula is C30H35Cl2N3O5S. The van der Waals surface area contributed by atoms with Crippen molar-refractivity contribution in [2.24, 2.45) is 0 Å². The van der Waals surface area contributed by atoms with Gasteiger partial charge in [-0.15, -0.1) is 0 Å². The molecule has 0 unspecified atom stereocenters. The zero-order valence-electron chi connectivity index (χ0n) is 23.7. The SMILES string of the molecule is CC[C@@H](C)NC(=O)[C@@H](C)N(Cc1ccc(OC)cc1)C(=O)CN(c1cccc(Cl)c1Cl)S(=O)(=O)c1ccc(C)cc1. The Hall–Kier alpha value is -3.27. The first kappa shape index (κ1) is 32.2. The molecular weight excluding hydrogens is 585 g/mol. The van der Waals surface area contributed by atoms with E-state index in [1.165, 1.54) is 29.2 Å². The number of ether oxygens (including phenoxy) is 1. The third-order valence-corrected chi connectivity index (χ3v) is 9.35. The number of nitrogens with zero attached hydrogens (tertiary/aromatic N) is 2. The Bertz CT molecular complexity index is 1460. The van der Waals surface area contributed by atoms with Crippen molar-refractivity contribution in [1.82, 2.24) is 10.2 Å². The van der Waals surface area contributed by atoms with Crippen molar-refractivity contribution in [3.8, 4) is 5.75 Å². The number of anilines is 1. The number of carbonyl (C=O) groups excluding carboxylic acids is 2. The van der Waals surface area contributed by atoms with E-state index in [1.807, 2.05) is 20.8 Å². The first-order valence-electron chi connectivity index (χ1n) is 13.1. The number of benzene rings is 3. The summed E-state index contributed by atoms with van der Waals surface area (Å²) in [6.07, 6.45) is 0.709. The molecule has 0 aliphatic carbocycles. The standard InChI is InChI=1S/C30H35Cl2N3O5S/c1-6-21(3)33-30(37)22(4)34(18-23-12-14-24(40-5)15-13-23)28(36)19-35(27-9-7-8-26(31)29(27)32)41(38,39)25-16-10-20(2)11-17-25/h7-17,21-22H,6,18-19H2,1-5H3,(H,33,37)/t21-,22-/m1/s1. The second kappa shape index (κ2) is 14.1. The van der Waals surface area contributed by atoms with Crippen LogP contribution in [0, 0.1) is 6.92 Å². The molecule has 0 spiro atoms. The normalized spacial score (nSPS) is 12.8. The predicted molar refractivity (Wildman–Crippen MR) is 163 cm³/mol. The largest absolute Gasteiger partial charge is 0.497 e. The van der Waals surface area contributed by atoms with Gasteiger partial charge in [-0.2, -0.15) is 0 Å². The molecule has 41 heavy (non-hydrogen) atoms. The summed E-state index contributed by atoms with van der Waals surface area (Å²) in [4.78, 5) is 28.5. The summed E-state index contributed by atoms with van der Waals surface area (Å²) in [6, 6.07) is 16.9. The topological polar surface area (TPSA) is 96.0 Å². The number of halogens is 2. The molecule has 0 saturated heterocycles. The molecule has 11 heteroatoms. The Morgan fingerprint density at radius 1 is 0.976 bits per heavy atom. The molecule has 0 aliphatic heterocycles. The van der Waals surface area contributed by atoms with Crippen molar-refractivity contribution in [2.75, 3.05) is 18.0 Å². The molecule has 0 bridgehead atoms. The van der Waals surface area contributed by atoms with Crippen LogP contribution in [0.4, 0.5) is 5.69 Å². The van der Waals surface area contributed by atoms with Crippen molar-refractivity contribution < 1.29 is 22.7 Å². The Morgan fingerprint density at radius 2 is 1.61 bits per heavy atom. The van der Waals surface area contributed by atoms with Gasteiger partial charge in [-0.25, -0.2) is 8.42 Å². The maximum atomic E-state index is 14.0. The monoisotopic (exact) mass is 619 g/mol. The van der Waals surface area contributed by atoms with Gasteiger partial charge in [0.2, 0.25) is 11.8 Å². The summed E-state index contributed by atoms with van der Waals surface area (Å²) in [6.45, 7) is 6.71. The average Bonchev–Trinajstić information content (AvgIpc) is 2.96. The zero-order chi connectivity index (χ0) is 30.3. The fraction of sp³-hybridized carbons (Fsp3) is 0.333. The van der Waals surface area contributed by atoms with Gasteiger partial charge in [0.15, 0.2) is 0 Å². The number of nitrogens with one attached hydrogen (secondary N) is 1. The molecule has 8 nitrogen and oxygen atoms in total. The van der Waals surface area contributed by atoms with E-state index in [1.54, 1.807) is 56.5 Å². The molecule has 0 saturated carbocycles. The van der Waals surface area contributed by atoms with Crippen LogP contribution in [0.3, 0.4) is 0 Å². The minimum Gasteiger partial charge on any atom is -0.497 e. The summed E-state index contributed by atoms with van der Waals surface area (Å²) in [7, 11) is -2.71. The predicted octanol–water partition coefficient (Wildman–Crippen LogP) is 5.84. The van der Waals surface area contributed by atoms with Gasteiger partial charge in [-0.05, 0) is 69.2 Å². The highest BCUT2D eigenvalue weighted by Crippen LogP contribution is 2.35. The second-order valence-corrected chi connectivity index (χ2v) is 12.4. The average molecular weight is 621 g/mol. The molecule has 1 N–H and O–H groups in total. The van der Waals surface area contributed by atoms with Crippen LogP contribution in [-0.4, -0.2) is 50.9 Å². The second-order valence-electron chi connectivity index (χ2n) is 9.76. The van der Waals surface area contributed by atoms with E-state index in [0.29, 0.717) is 12.2 Å². The minimum absolute atomic E-state index is 0.0121. The molecule has 3 rings (SSSR count). The molecule has 0 radical (unpaired) electrons. The summed E-state index contributed by atoms with van der Waals surface area (Å²) in [5.41, 5.74) is 1.66. The summed E-state index contributed by atoms with van der Waals surface area (Å²) < 4.78 is 34.1. The number of aryl methyl sites for hydroxylation is 1. The quantitative estimate of drug-likeness (QED) is 0.275. The van der Waals surface area contributed by atoms with Gasteiger partial charge >= 0.3 is 0 Å². The van der Waals surface area contributed by atoms with E-state index >= 15 is 0 Å². The van der Waals surface area contributed by atoms with Gasteiger partial charge in [0, 0.05) is 12.6 Å². The van der Waals surface area contributed by atoms with Gasteiger partial charge in [0.1, 0.15) is 18.3 Å². The molecule has 0 heterocycles. The van der Waals surface area contributed by atoms with Crippen molar-refractivity contribution in [3.05, 3.63) is 87.9 Å². The summed E-state index contributed by atoms with van der Waals surface area (Å²) in [5, 5.41) is 3.03. The van der Waals surface area contributed by atoms with Gasteiger partial charge in [0.25, 0.3) is 10.0 Å². The lowest BCUT2D eigenvalue weighted by molar-refractivity contribution is -0.139.